The predicted molar refractivity (Wildman–Crippen MR) is 69.5 cm³/mol. The lowest BCUT2D eigenvalue weighted by Gasteiger charge is -2.21. The van der Waals surface area contributed by atoms with Crippen molar-refractivity contribution >= 4 is 0 Å². The van der Waals surface area contributed by atoms with Gasteiger partial charge in [0.15, 0.2) is 0 Å². The second kappa shape index (κ2) is 5.99. The number of likely N-dealkylation sites (tertiary alicyclic amines) is 1. The maximum Gasteiger partial charge on any atom is 0.138 e. The molecule has 2 nitrogen and oxygen atoms in total. The zero-order chi connectivity index (χ0) is 13.0. The Morgan fingerprint density at radius 2 is 2.33 bits per heavy atom. The molecule has 1 aliphatic rings. The van der Waals surface area contributed by atoms with Crippen LogP contribution in [0.4, 0.5) is 4.39 Å². The molecule has 1 atom stereocenters. The van der Waals surface area contributed by atoms with Gasteiger partial charge in [-0.05, 0) is 44.0 Å². The molecule has 0 bridgehead atoms. The molecule has 1 aromatic carbocycles. The number of hydrogen-bond acceptors (Lipinski definition) is 2. The Morgan fingerprint density at radius 1 is 1.50 bits per heavy atom. The zero-order valence-corrected chi connectivity index (χ0v) is 10.6. The molecule has 0 saturated carbocycles. The van der Waals surface area contributed by atoms with E-state index in [1.54, 1.807) is 6.07 Å². The van der Waals surface area contributed by atoms with Crippen molar-refractivity contribution in [3.63, 3.8) is 0 Å². The van der Waals surface area contributed by atoms with Crippen LogP contribution in [0.2, 0.25) is 0 Å². The van der Waals surface area contributed by atoms with Crippen molar-refractivity contribution in [1.82, 2.24) is 4.90 Å². The monoisotopic (exact) mass is 247 g/mol. The van der Waals surface area contributed by atoms with Crippen molar-refractivity contribution in [3.05, 3.63) is 35.1 Å². The molecule has 0 radical (unpaired) electrons. The van der Waals surface area contributed by atoms with E-state index in [2.05, 4.69) is 23.7 Å². The molecule has 0 amide bonds. The van der Waals surface area contributed by atoms with Crippen molar-refractivity contribution < 1.29 is 9.50 Å². The van der Waals surface area contributed by atoms with Crippen LogP contribution in [0.1, 0.15) is 30.9 Å². The van der Waals surface area contributed by atoms with Gasteiger partial charge in [-0.25, -0.2) is 4.39 Å². The summed E-state index contributed by atoms with van der Waals surface area (Å²) in [5, 5.41) is 8.65. The molecular weight excluding hydrogens is 229 g/mol. The highest BCUT2D eigenvalue weighted by atomic mass is 19.1. The third-order valence-electron chi connectivity index (χ3n) is 3.41. The number of nitrogens with zero attached hydrogens (tertiary/aromatic N) is 1. The zero-order valence-electron chi connectivity index (χ0n) is 10.6. The van der Waals surface area contributed by atoms with Gasteiger partial charge in [-0.3, -0.25) is 4.90 Å². The molecule has 96 valence electrons. The van der Waals surface area contributed by atoms with Crippen LogP contribution < -0.4 is 0 Å². The fraction of sp³-hybridized carbons (Fsp3) is 0.467. The minimum Gasteiger partial charge on any atom is -0.384 e. The van der Waals surface area contributed by atoms with Crippen LogP contribution >= 0.6 is 0 Å². The number of hydrogen-bond donors (Lipinski definition) is 1. The van der Waals surface area contributed by atoms with Gasteiger partial charge >= 0.3 is 0 Å². The van der Waals surface area contributed by atoms with E-state index in [0.717, 1.165) is 18.7 Å². The van der Waals surface area contributed by atoms with Crippen molar-refractivity contribution in [2.75, 3.05) is 13.2 Å². The van der Waals surface area contributed by atoms with E-state index in [9.17, 15) is 4.39 Å². The maximum absolute atomic E-state index is 13.5. The molecule has 1 fully saturated rings. The summed E-state index contributed by atoms with van der Waals surface area (Å²) in [6, 6.07) is 5.65. The van der Waals surface area contributed by atoms with E-state index >= 15 is 0 Å². The molecule has 1 aliphatic heterocycles. The van der Waals surface area contributed by atoms with Gasteiger partial charge in [-0.1, -0.05) is 17.9 Å². The summed E-state index contributed by atoms with van der Waals surface area (Å²) in [5.74, 6) is 4.81. The Hall–Kier alpha value is -1.37. The van der Waals surface area contributed by atoms with Gasteiger partial charge in [0.25, 0.3) is 0 Å². The summed E-state index contributed by atoms with van der Waals surface area (Å²) in [5.41, 5.74) is 1.45. The number of aliphatic hydroxyl groups excluding tert-OH is 1. The summed E-state index contributed by atoms with van der Waals surface area (Å²) in [4.78, 5) is 2.40. The normalized spacial score (nSPS) is 19.6. The fourth-order valence-corrected chi connectivity index (χ4v) is 2.36. The average molecular weight is 247 g/mol. The topological polar surface area (TPSA) is 23.5 Å². The number of rotatable bonds is 2. The highest BCUT2D eigenvalue weighted by Crippen LogP contribution is 2.20. The van der Waals surface area contributed by atoms with Gasteiger partial charge in [0, 0.05) is 12.6 Å². The first-order valence-electron chi connectivity index (χ1n) is 6.33. The number of aliphatic hydroxyl groups is 1. The van der Waals surface area contributed by atoms with Gasteiger partial charge in [0.2, 0.25) is 0 Å². The number of benzene rings is 1. The minimum atomic E-state index is -0.325. The van der Waals surface area contributed by atoms with Gasteiger partial charge < -0.3 is 5.11 Å². The molecule has 1 heterocycles. The highest BCUT2D eigenvalue weighted by Gasteiger charge is 2.20. The van der Waals surface area contributed by atoms with Crippen LogP contribution in [0.15, 0.2) is 18.2 Å². The molecule has 3 heteroatoms. The van der Waals surface area contributed by atoms with Crippen LogP contribution in [-0.2, 0) is 6.54 Å². The summed E-state index contributed by atoms with van der Waals surface area (Å²) >= 11 is 0. The molecule has 1 aromatic rings. The first-order chi connectivity index (χ1) is 8.70. The Kier molecular flexibility index (Phi) is 4.35. The largest absolute Gasteiger partial charge is 0.384 e. The molecule has 1 unspecified atom stereocenters. The first kappa shape index (κ1) is 13.1. The predicted octanol–water partition coefficient (Wildman–Crippen LogP) is 2.15. The standard InChI is InChI=1S/C15H18FNO/c1-12-4-2-8-17(12)11-13-6-7-15(16)14(10-13)5-3-9-18/h6-7,10,12,18H,2,4,8-9,11H2,1H3. The fourth-order valence-electron chi connectivity index (χ4n) is 2.36. The molecule has 2 rings (SSSR count). The SMILES string of the molecule is CC1CCCN1Cc1ccc(F)c(C#CCO)c1. The van der Waals surface area contributed by atoms with E-state index in [1.165, 1.54) is 18.9 Å². The second-order valence-electron chi connectivity index (χ2n) is 4.74. The lowest BCUT2D eigenvalue weighted by atomic mass is 10.1. The van der Waals surface area contributed by atoms with Crippen LogP contribution in [0.3, 0.4) is 0 Å². The Bertz CT molecular complexity index is 475. The lowest BCUT2D eigenvalue weighted by Crippen LogP contribution is -2.26. The average Bonchev–Trinajstić information content (AvgIpc) is 2.76. The van der Waals surface area contributed by atoms with Crippen molar-refractivity contribution in [1.29, 1.82) is 0 Å². The summed E-state index contributed by atoms with van der Waals surface area (Å²) < 4.78 is 13.5. The minimum absolute atomic E-state index is 0.243. The first-order valence-corrected chi connectivity index (χ1v) is 6.33. The number of halogens is 1. The van der Waals surface area contributed by atoms with Gasteiger partial charge in [0.1, 0.15) is 12.4 Å². The Morgan fingerprint density at radius 3 is 3.00 bits per heavy atom. The second-order valence-corrected chi connectivity index (χ2v) is 4.74. The molecule has 0 aromatic heterocycles. The van der Waals surface area contributed by atoms with E-state index in [-0.39, 0.29) is 12.4 Å². The van der Waals surface area contributed by atoms with Crippen LogP contribution in [-0.4, -0.2) is 29.2 Å². The van der Waals surface area contributed by atoms with Crippen molar-refractivity contribution in [2.24, 2.45) is 0 Å². The molecule has 0 aliphatic carbocycles. The van der Waals surface area contributed by atoms with E-state index < -0.39 is 0 Å². The molecule has 1 saturated heterocycles. The van der Waals surface area contributed by atoms with Gasteiger partial charge in [-0.2, -0.15) is 0 Å². The van der Waals surface area contributed by atoms with Crippen molar-refractivity contribution in [2.45, 2.75) is 32.4 Å². The lowest BCUT2D eigenvalue weighted by molar-refractivity contribution is 0.260. The Balaban J connectivity index is 2.13. The summed E-state index contributed by atoms with van der Waals surface area (Å²) in [6.45, 7) is 3.93. The third kappa shape index (κ3) is 3.10. The van der Waals surface area contributed by atoms with Crippen LogP contribution in [0.25, 0.3) is 0 Å². The van der Waals surface area contributed by atoms with Crippen molar-refractivity contribution in [3.8, 4) is 11.8 Å². The molecule has 1 N–H and O–H groups in total. The summed E-state index contributed by atoms with van der Waals surface area (Å²) in [7, 11) is 0. The summed E-state index contributed by atoms with van der Waals surface area (Å²) in [6.07, 6.45) is 2.47. The highest BCUT2D eigenvalue weighted by molar-refractivity contribution is 5.38. The van der Waals surface area contributed by atoms with E-state index in [1.807, 2.05) is 6.07 Å². The molecule has 0 spiro atoms. The van der Waals surface area contributed by atoms with Crippen LogP contribution in [0.5, 0.6) is 0 Å². The van der Waals surface area contributed by atoms with E-state index in [0.29, 0.717) is 11.6 Å². The smallest absolute Gasteiger partial charge is 0.138 e. The quantitative estimate of drug-likeness (QED) is 0.809. The van der Waals surface area contributed by atoms with Crippen LogP contribution in [0, 0.1) is 17.7 Å². The van der Waals surface area contributed by atoms with Gasteiger partial charge in [0.05, 0.1) is 5.56 Å². The van der Waals surface area contributed by atoms with Gasteiger partial charge in [-0.15, -0.1) is 0 Å². The third-order valence-corrected chi connectivity index (χ3v) is 3.41. The molecule has 18 heavy (non-hydrogen) atoms. The Labute approximate surface area is 107 Å². The molecular formula is C15H18FNO. The maximum atomic E-state index is 13.5. The van der Waals surface area contributed by atoms with E-state index in [4.69, 9.17) is 5.11 Å².